The average molecular weight is 233 g/mol. The summed E-state index contributed by atoms with van der Waals surface area (Å²) in [5, 5.41) is 0. The first-order valence-electron chi connectivity index (χ1n) is 6.41. The molecule has 0 atom stereocenters. The van der Waals surface area contributed by atoms with Gasteiger partial charge in [-0.05, 0) is 38.8 Å². The predicted molar refractivity (Wildman–Crippen MR) is 72.1 cm³/mol. The van der Waals surface area contributed by atoms with Crippen molar-refractivity contribution in [2.45, 2.75) is 46.0 Å². The van der Waals surface area contributed by atoms with E-state index in [2.05, 4.69) is 32.0 Å². The summed E-state index contributed by atoms with van der Waals surface area (Å²) in [5.74, 6) is 0.340. The molecular formula is C15H23NO. The Morgan fingerprint density at radius 3 is 2.29 bits per heavy atom. The van der Waals surface area contributed by atoms with E-state index in [1.807, 2.05) is 0 Å². The number of ketones is 1. The fraction of sp³-hybridized carbons (Fsp3) is 0.533. The lowest BCUT2D eigenvalue weighted by atomic mass is 10.0. The summed E-state index contributed by atoms with van der Waals surface area (Å²) in [5.41, 5.74) is 9.03. The monoisotopic (exact) mass is 233 g/mol. The maximum atomic E-state index is 11.8. The number of aryl methyl sites for hydroxylation is 2. The van der Waals surface area contributed by atoms with Crippen molar-refractivity contribution in [2.24, 2.45) is 5.73 Å². The van der Waals surface area contributed by atoms with E-state index in [4.69, 9.17) is 5.73 Å². The summed E-state index contributed by atoms with van der Waals surface area (Å²) in [6, 6.07) is 6.34. The van der Waals surface area contributed by atoms with Gasteiger partial charge < -0.3 is 5.73 Å². The molecule has 0 aromatic heterocycles. The first kappa shape index (κ1) is 13.9. The highest BCUT2D eigenvalue weighted by atomic mass is 16.1. The Labute approximate surface area is 104 Å². The molecule has 2 N–H and O–H groups in total. The van der Waals surface area contributed by atoms with Gasteiger partial charge in [0.15, 0.2) is 0 Å². The summed E-state index contributed by atoms with van der Waals surface area (Å²) in [7, 11) is 0. The van der Waals surface area contributed by atoms with Crippen molar-refractivity contribution < 1.29 is 4.79 Å². The molecule has 2 nitrogen and oxygen atoms in total. The highest BCUT2D eigenvalue weighted by molar-refractivity contribution is 5.80. The number of nitrogens with two attached hydrogens (primary N) is 1. The van der Waals surface area contributed by atoms with Gasteiger partial charge in [-0.15, -0.1) is 0 Å². The Bertz CT molecular complexity index is 351. The minimum atomic E-state index is 0.340. The van der Waals surface area contributed by atoms with Crippen molar-refractivity contribution in [3.63, 3.8) is 0 Å². The van der Waals surface area contributed by atoms with Gasteiger partial charge in [0.05, 0.1) is 0 Å². The fourth-order valence-corrected chi connectivity index (χ4v) is 2.13. The van der Waals surface area contributed by atoms with Gasteiger partial charge in [0.2, 0.25) is 0 Å². The van der Waals surface area contributed by atoms with Crippen LogP contribution in [0.4, 0.5) is 0 Å². The van der Waals surface area contributed by atoms with E-state index in [0.29, 0.717) is 18.6 Å². The van der Waals surface area contributed by atoms with E-state index in [1.54, 1.807) is 0 Å². The van der Waals surface area contributed by atoms with Crippen LogP contribution < -0.4 is 5.73 Å². The molecule has 17 heavy (non-hydrogen) atoms. The molecule has 0 bridgehead atoms. The van der Waals surface area contributed by atoms with E-state index in [1.165, 1.54) is 11.1 Å². The topological polar surface area (TPSA) is 43.1 Å². The third-order valence-electron chi connectivity index (χ3n) is 2.84. The SMILES string of the molecule is Cc1cc(C)cc(CC(=O)CCCCCN)c1. The molecule has 0 saturated carbocycles. The molecule has 0 saturated heterocycles. The lowest BCUT2D eigenvalue weighted by Crippen LogP contribution is -2.04. The molecular weight excluding hydrogens is 210 g/mol. The summed E-state index contributed by atoms with van der Waals surface area (Å²) in [4.78, 5) is 11.8. The standard InChI is InChI=1S/C15H23NO/c1-12-8-13(2)10-14(9-12)11-15(17)6-4-3-5-7-16/h8-10H,3-7,11,16H2,1-2H3. The van der Waals surface area contributed by atoms with Gasteiger partial charge in [0.1, 0.15) is 5.78 Å². The van der Waals surface area contributed by atoms with Crippen LogP contribution in [0.2, 0.25) is 0 Å². The van der Waals surface area contributed by atoms with E-state index >= 15 is 0 Å². The quantitative estimate of drug-likeness (QED) is 0.736. The molecule has 1 aromatic carbocycles. The summed E-state index contributed by atoms with van der Waals surface area (Å²) < 4.78 is 0. The number of rotatable bonds is 7. The van der Waals surface area contributed by atoms with Crippen LogP contribution in [-0.4, -0.2) is 12.3 Å². The average Bonchev–Trinajstić information content (AvgIpc) is 2.23. The molecule has 0 unspecified atom stereocenters. The zero-order chi connectivity index (χ0) is 12.7. The van der Waals surface area contributed by atoms with Crippen LogP contribution in [-0.2, 0) is 11.2 Å². The van der Waals surface area contributed by atoms with Crippen molar-refractivity contribution in [3.8, 4) is 0 Å². The molecule has 0 aliphatic heterocycles. The van der Waals surface area contributed by atoms with Crippen molar-refractivity contribution in [2.75, 3.05) is 6.54 Å². The van der Waals surface area contributed by atoms with Crippen LogP contribution >= 0.6 is 0 Å². The van der Waals surface area contributed by atoms with Crippen molar-refractivity contribution >= 4 is 5.78 Å². The van der Waals surface area contributed by atoms with Gasteiger partial charge in [-0.3, -0.25) is 4.79 Å². The smallest absolute Gasteiger partial charge is 0.137 e. The number of benzene rings is 1. The van der Waals surface area contributed by atoms with Gasteiger partial charge >= 0.3 is 0 Å². The highest BCUT2D eigenvalue weighted by Gasteiger charge is 2.04. The molecule has 0 aliphatic carbocycles. The largest absolute Gasteiger partial charge is 0.330 e. The number of hydrogen-bond acceptors (Lipinski definition) is 2. The van der Waals surface area contributed by atoms with Gasteiger partial charge in [0, 0.05) is 12.8 Å². The van der Waals surface area contributed by atoms with Crippen LogP contribution in [0, 0.1) is 13.8 Å². The summed E-state index contributed by atoms with van der Waals surface area (Å²) >= 11 is 0. The van der Waals surface area contributed by atoms with Crippen molar-refractivity contribution in [3.05, 3.63) is 34.9 Å². The van der Waals surface area contributed by atoms with Gasteiger partial charge in [-0.1, -0.05) is 35.7 Å². The van der Waals surface area contributed by atoms with Crippen LogP contribution in [0.25, 0.3) is 0 Å². The third-order valence-corrected chi connectivity index (χ3v) is 2.84. The number of Topliss-reactive ketones (excluding diaryl/α,β-unsaturated/α-hetero) is 1. The van der Waals surface area contributed by atoms with Crippen molar-refractivity contribution in [1.29, 1.82) is 0 Å². The second-order valence-electron chi connectivity index (χ2n) is 4.81. The van der Waals surface area contributed by atoms with E-state index in [9.17, 15) is 4.79 Å². The summed E-state index contributed by atoms with van der Waals surface area (Å²) in [6.45, 7) is 4.87. The Balaban J connectivity index is 2.39. The van der Waals surface area contributed by atoms with Crippen molar-refractivity contribution in [1.82, 2.24) is 0 Å². The van der Waals surface area contributed by atoms with E-state index in [-0.39, 0.29) is 0 Å². The Morgan fingerprint density at radius 2 is 1.71 bits per heavy atom. The lowest BCUT2D eigenvalue weighted by Gasteiger charge is -2.04. The Morgan fingerprint density at radius 1 is 1.06 bits per heavy atom. The van der Waals surface area contributed by atoms with Gasteiger partial charge in [-0.2, -0.15) is 0 Å². The Hall–Kier alpha value is -1.15. The predicted octanol–water partition coefficient (Wildman–Crippen LogP) is 2.93. The number of carbonyl (C=O) groups excluding carboxylic acids is 1. The first-order chi connectivity index (χ1) is 8.11. The molecule has 0 aliphatic rings. The molecule has 0 spiro atoms. The van der Waals surface area contributed by atoms with Gasteiger partial charge in [-0.25, -0.2) is 0 Å². The zero-order valence-corrected chi connectivity index (χ0v) is 11.0. The van der Waals surface area contributed by atoms with Gasteiger partial charge in [0.25, 0.3) is 0 Å². The zero-order valence-electron chi connectivity index (χ0n) is 11.0. The molecule has 0 amide bonds. The molecule has 1 aromatic rings. The maximum Gasteiger partial charge on any atom is 0.137 e. The molecule has 1 rings (SSSR count). The fourth-order valence-electron chi connectivity index (χ4n) is 2.13. The van der Waals surface area contributed by atoms with Crippen LogP contribution in [0.15, 0.2) is 18.2 Å². The second-order valence-corrected chi connectivity index (χ2v) is 4.81. The molecule has 0 radical (unpaired) electrons. The number of unbranched alkanes of at least 4 members (excludes halogenated alkanes) is 2. The van der Waals surface area contributed by atoms with Crippen LogP contribution in [0.5, 0.6) is 0 Å². The Kier molecular flexibility index (Phi) is 5.92. The van der Waals surface area contributed by atoms with Crippen LogP contribution in [0.3, 0.4) is 0 Å². The maximum absolute atomic E-state index is 11.8. The van der Waals surface area contributed by atoms with E-state index < -0.39 is 0 Å². The number of hydrogen-bond donors (Lipinski definition) is 1. The minimum Gasteiger partial charge on any atom is -0.330 e. The first-order valence-corrected chi connectivity index (χ1v) is 6.41. The molecule has 0 fully saturated rings. The molecule has 2 heteroatoms. The molecule has 94 valence electrons. The minimum absolute atomic E-state index is 0.340. The third kappa shape index (κ3) is 5.64. The normalized spacial score (nSPS) is 10.5. The second kappa shape index (κ2) is 7.23. The summed E-state index contributed by atoms with van der Waals surface area (Å²) in [6.07, 6.45) is 4.32. The highest BCUT2D eigenvalue weighted by Crippen LogP contribution is 2.11. The van der Waals surface area contributed by atoms with E-state index in [0.717, 1.165) is 31.4 Å². The van der Waals surface area contributed by atoms with Crippen LogP contribution in [0.1, 0.15) is 42.4 Å². The number of carbonyl (C=O) groups is 1. The lowest BCUT2D eigenvalue weighted by molar-refractivity contribution is -0.118. The molecule has 0 heterocycles.